The number of nitrogens with one attached hydrogen (secondary N) is 2. The number of nitriles is 1. The number of fused-ring (bicyclic) bond motifs is 1. The fourth-order valence-corrected chi connectivity index (χ4v) is 3.35. The molecule has 1 aromatic carbocycles. The van der Waals surface area contributed by atoms with Crippen molar-refractivity contribution in [3.05, 3.63) is 58.0 Å². The number of hydrogen-bond donors (Lipinski definition) is 2. The Morgan fingerprint density at radius 3 is 2.64 bits per heavy atom. The molecule has 0 amide bonds. The molecule has 25 heavy (non-hydrogen) atoms. The van der Waals surface area contributed by atoms with Gasteiger partial charge in [-0.05, 0) is 31.2 Å². The molecule has 6 nitrogen and oxygen atoms in total. The van der Waals surface area contributed by atoms with Crippen molar-refractivity contribution in [2.45, 2.75) is 12.8 Å². The summed E-state index contributed by atoms with van der Waals surface area (Å²) in [6.07, 6.45) is 0. The normalized spacial score (nSPS) is 19.2. The van der Waals surface area contributed by atoms with Crippen LogP contribution in [0.2, 0.25) is 0 Å². The Hall–Kier alpha value is -2.85. The average molecular weight is 397 g/mol. The van der Waals surface area contributed by atoms with Crippen LogP contribution in [0.1, 0.15) is 23.0 Å². The lowest BCUT2D eigenvalue weighted by molar-refractivity contribution is 0.393. The van der Waals surface area contributed by atoms with Gasteiger partial charge in [0.1, 0.15) is 17.4 Å². The Morgan fingerprint density at radius 2 is 2.00 bits per heavy atom. The Balaban J connectivity index is 1.92. The van der Waals surface area contributed by atoms with Gasteiger partial charge in [-0.1, -0.05) is 28.1 Å². The van der Waals surface area contributed by atoms with Crippen LogP contribution in [-0.2, 0) is 0 Å². The Labute approximate surface area is 152 Å². The lowest BCUT2D eigenvalue weighted by Crippen LogP contribution is -2.30. The van der Waals surface area contributed by atoms with Crippen molar-refractivity contribution in [2.24, 2.45) is 5.92 Å². The minimum Gasteiger partial charge on any atom is -0.466 e. The first-order valence-electron chi connectivity index (χ1n) is 7.65. The summed E-state index contributed by atoms with van der Waals surface area (Å²) in [7, 11) is 0. The van der Waals surface area contributed by atoms with E-state index in [-0.39, 0.29) is 5.90 Å². The molecule has 0 spiro atoms. The molecule has 0 bridgehead atoms. The molecule has 0 saturated carbocycles. The molecule has 0 radical (unpaired) electrons. The summed E-state index contributed by atoms with van der Waals surface area (Å²) >= 11 is 3.43. The van der Waals surface area contributed by atoms with Gasteiger partial charge in [-0.15, -0.1) is 5.10 Å². The highest BCUT2D eigenvalue weighted by Gasteiger charge is 2.42. The number of rotatable bonds is 2. The third kappa shape index (κ3) is 2.55. The molecule has 4 rings (SSSR count). The third-order valence-corrected chi connectivity index (χ3v) is 4.77. The number of aryl methyl sites for hydroxylation is 1. The monoisotopic (exact) mass is 396 g/mol. The summed E-state index contributed by atoms with van der Waals surface area (Å²) in [6.45, 7) is 1.85. The smallest absolute Gasteiger partial charge is 0.244 e. The van der Waals surface area contributed by atoms with Gasteiger partial charge in [0.05, 0.1) is 23.2 Å². The van der Waals surface area contributed by atoms with Crippen molar-refractivity contribution in [1.82, 2.24) is 10.2 Å². The van der Waals surface area contributed by atoms with Gasteiger partial charge < -0.3 is 9.15 Å². The number of furan rings is 1. The van der Waals surface area contributed by atoms with Gasteiger partial charge in [0.2, 0.25) is 11.8 Å². The standard InChI is InChI=1S/C18H13BrN4O2/c1-9-2-7-13(24-9)14-12(8-20)17(21)25-18-15(14)16(22-23-18)10-3-5-11(19)6-4-10/h2-7,12,14,21H,1H3,(H,22,23). The number of aromatic nitrogens is 2. The highest BCUT2D eigenvalue weighted by atomic mass is 79.9. The van der Waals surface area contributed by atoms with E-state index >= 15 is 0 Å². The Morgan fingerprint density at radius 1 is 1.24 bits per heavy atom. The highest BCUT2D eigenvalue weighted by Crippen LogP contribution is 2.46. The van der Waals surface area contributed by atoms with E-state index in [2.05, 4.69) is 32.2 Å². The van der Waals surface area contributed by atoms with Gasteiger partial charge in [-0.2, -0.15) is 5.26 Å². The first kappa shape index (κ1) is 15.7. The number of benzene rings is 1. The first-order chi connectivity index (χ1) is 12.1. The lowest BCUT2D eigenvalue weighted by atomic mass is 9.82. The topological polar surface area (TPSA) is 98.7 Å². The molecule has 0 fully saturated rings. The van der Waals surface area contributed by atoms with Crippen molar-refractivity contribution >= 4 is 21.8 Å². The second-order valence-electron chi connectivity index (χ2n) is 5.82. The molecule has 3 aromatic rings. The van der Waals surface area contributed by atoms with Crippen molar-refractivity contribution in [1.29, 1.82) is 10.7 Å². The predicted octanol–water partition coefficient (Wildman–Crippen LogP) is 4.38. The third-order valence-electron chi connectivity index (χ3n) is 4.24. The second kappa shape index (κ2) is 5.90. The van der Waals surface area contributed by atoms with E-state index in [9.17, 15) is 5.26 Å². The Bertz CT molecular complexity index is 997. The molecule has 2 unspecified atom stereocenters. The number of hydrogen-bond acceptors (Lipinski definition) is 5. The van der Waals surface area contributed by atoms with Gasteiger partial charge in [-0.3, -0.25) is 10.5 Å². The van der Waals surface area contributed by atoms with Crippen molar-refractivity contribution in [2.75, 3.05) is 0 Å². The van der Waals surface area contributed by atoms with E-state index in [1.165, 1.54) is 0 Å². The van der Waals surface area contributed by atoms with Gasteiger partial charge in [-0.25, -0.2) is 0 Å². The van der Waals surface area contributed by atoms with Crippen LogP contribution >= 0.6 is 15.9 Å². The van der Waals surface area contributed by atoms with Crippen LogP contribution < -0.4 is 4.74 Å². The summed E-state index contributed by atoms with van der Waals surface area (Å²) in [5, 5.41) is 24.9. The molecule has 0 aliphatic carbocycles. The molecular weight excluding hydrogens is 384 g/mol. The fourth-order valence-electron chi connectivity index (χ4n) is 3.08. The van der Waals surface area contributed by atoms with Crippen LogP contribution in [0.5, 0.6) is 5.88 Å². The van der Waals surface area contributed by atoms with Gasteiger partial charge in [0.15, 0.2) is 0 Å². The molecule has 7 heteroatoms. The largest absolute Gasteiger partial charge is 0.466 e. The average Bonchev–Trinajstić information content (AvgIpc) is 3.20. The molecular formula is C18H13BrN4O2. The first-order valence-corrected chi connectivity index (χ1v) is 8.44. The number of nitrogens with zero attached hydrogens (tertiary/aromatic N) is 2. The van der Waals surface area contributed by atoms with Crippen molar-refractivity contribution in [3.63, 3.8) is 0 Å². The SMILES string of the molecule is Cc1ccc(C2c3c(n[nH]c3-c3ccc(Br)cc3)OC(=N)C2C#N)o1. The highest BCUT2D eigenvalue weighted by molar-refractivity contribution is 9.10. The predicted molar refractivity (Wildman–Crippen MR) is 94.5 cm³/mol. The zero-order valence-corrected chi connectivity index (χ0v) is 14.8. The van der Waals surface area contributed by atoms with E-state index in [1.54, 1.807) is 0 Å². The van der Waals surface area contributed by atoms with Gasteiger partial charge in [0, 0.05) is 10.0 Å². The maximum absolute atomic E-state index is 9.61. The minimum absolute atomic E-state index is 0.122. The summed E-state index contributed by atoms with van der Waals surface area (Å²) in [6, 6.07) is 13.6. The number of aromatic amines is 1. The van der Waals surface area contributed by atoms with Crippen LogP contribution in [0, 0.1) is 29.6 Å². The number of halogens is 1. The van der Waals surface area contributed by atoms with Crippen molar-refractivity contribution < 1.29 is 9.15 Å². The van der Waals surface area contributed by atoms with E-state index < -0.39 is 11.8 Å². The quantitative estimate of drug-likeness (QED) is 0.670. The van der Waals surface area contributed by atoms with E-state index in [4.69, 9.17) is 14.6 Å². The van der Waals surface area contributed by atoms with E-state index in [0.717, 1.165) is 27.1 Å². The Kier molecular flexibility index (Phi) is 3.70. The summed E-state index contributed by atoms with van der Waals surface area (Å²) < 4.78 is 12.2. The van der Waals surface area contributed by atoms with Crippen LogP contribution in [0.4, 0.5) is 0 Å². The molecule has 2 aromatic heterocycles. The maximum atomic E-state index is 9.61. The van der Waals surface area contributed by atoms with Crippen LogP contribution in [0.15, 0.2) is 45.3 Å². The molecule has 2 atom stereocenters. The molecule has 0 saturated heterocycles. The zero-order valence-electron chi connectivity index (χ0n) is 13.2. The number of H-pyrrole nitrogens is 1. The summed E-state index contributed by atoms with van der Waals surface area (Å²) in [5.41, 5.74) is 2.41. The molecule has 1 aliphatic heterocycles. The fraction of sp³-hybridized carbons (Fsp3) is 0.167. The van der Waals surface area contributed by atoms with Crippen LogP contribution in [0.25, 0.3) is 11.3 Å². The summed E-state index contributed by atoms with van der Waals surface area (Å²) in [5.74, 6) is 0.339. The van der Waals surface area contributed by atoms with Crippen LogP contribution in [-0.4, -0.2) is 16.1 Å². The zero-order chi connectivity index (χ0) is 17.6. The van der Waals surface area contributed by atoms with Gasteiger partial charge in [0.25, 0.3) is 0 Å². The molecule has 1 aliphatic rings. The van der Waals surface area contributed by atoms with Crippen molar-refractivity contribution in [3.8, 4) is 23.2 Å². The van der Waals surface area contributed by atoms with E-state index in [0.29, 0.717) is 11.6 Å². The maximum Gasteiger partial charge on any atom is 0.244 e. The molecule has 2 N–H and O–H groups in total. The minimum atomic E-state index is -0.773. The lowest BCUT2D eigenvalue weighted by Gasteiger charge is -2.26. The number of ether oxygens (including phenoxy) is 1. The van der Waals surface area contributed by atoms with E-state index in [1.807, 2.05) is 43.3 Å². The molecule has 124 valence electrons. The second-order valence-corrected chi connectivity index (χ2v) is 6.74. The summed E-state index contributed by atoms with van der Waals surface area (Å²) in [4.78, 5) is 0. The van der Waals surface area contributed by atoms with Crippen LogP contribution in [0.3, 0.4) is 0 Å². The van der Waals surface area contributed by atoms with Gasteiger partial charge >= 0.3 is 0 Å². The molecule has 3 heterocycles.